The molecule has 0 radical (unpaired) electrons. The number of nitrogens with one attached hydrogen (secondary N) is 1. The second kappa shape index (κ2) is 5.91. The first kappa shape index (κ1) is 14.2. The predicted octanol–water partition coefficient (Wildman–Crippen LogP) is 1.70. The molecule has 21 heavy (non-hydrogen) atoms. The largest absolute Gasteiger partial charge is 0.369 e. The number of hydrogen-bond acceptors (Lipinski definition) is 5. The molecular formula is C15H21N5O. The van der Waals surface area contributed by atoms with Gasteiger partial charge in [-0.05, 0) is 26.8 Å². The second-order valence-electron chi connectivity index (χ2n) is 5.55. The van der Waals surface area contributed by atoms with Crippen molar-refractivity contribution >= 4 is 0 Å². The van der Waals surface area contributed by atoms with Crippen molar-refractivity contribution < 1.29 is 4.74 Å². The number of aromatic amines is 1. The molecule has 2 aromatic rings. The van der Waals surface area contributed by atoms with Gasteiger partial charge in [0.1, 0.15) is 11.9 Å². The summed E-state index contributed by atoms with van der Waals surface area (Å²) in [6, 6.07) is 2.01. The Hall–Kier alpha value is -1.79. The smallest absolute Gasteiger partial charge is 0.125 e. The SMILES string of the molecule is Cc1cc([C@@H]2CN(Cc3nc[nH]c3C)CCO2)nc(C)n1. The average molecular weight is 287 g/mol. The molecule has 6 nitrogen and oxygen atoms in total. The third kappa shape index (κ3) is 3.28. The van der Waals surface area contributed by atoms with Gasteiger partial charge in [0.25, 0.3) is 0 Å². The van der Waals surface area contributed by atoms with Crippen LogP contribution in [0.25, 0.3) is 0 Å². The van der Waals surface area contributed by atoms with Crippen molar-refractivity contribution in [1.82, 2.24) is 24.8 Å². The monoisotopic (exact) mass is 287 g/mol. The van der Waals surface area contributed by atoms with Crippen molar-refractivity contribution in [2.24, 2.45) is 0 Å². The Bertz CT molecular complexity index is 604. The second-order valence-corrected chi connectivity index (χ2v) is 5.55. The fourth-order valence-corrected chi connectivity index (χ4v) is 2.69. The van der Waals surface area contributed by atoms with Crippen molar-refractivity contribution in [2.75, 3.05) is 19.7 Å². The van der Waals surface area contributed by atoms with Crippen LogP contribution in [0.3, 0.4) is 0 Å². The van der Waals surface area contributed by atoms with Crippen LogP contribution in [0, 0.1) is 20.8 Å². The summed E-state index contributed by atoms with van der Waals surface area (Å²) in [5, 5.41) is 0. The lowest BCUT2D eigenvalue weighted by atomic mass is 10.1. The summed E-state index contributed by atoms with van der Waals surface area (Å²) in [5.74, 6) is 0.800. The molecule has 3 heterocycles. The molecule has 1 fully saturated rings. The molecule has 3 rings (SSSR count). The number of aryl methyl sites for hydroxylation is 3. The van der Waals surface area contributed by atoms with E-state index in [0.29, 0.717) is 0 Å². The van der Waals surface area contributed by atoms with Crippen LogP contribution in [0.2, 0.25) is 0 Å². The van der Waals surface area contributed by atoms with Crippen LogP contribution in [0.5, 0.6) is 0 Å². The van der Waals surface area contributed by atoms with Gasteiger partial charge in [0.2, 0.25) is 0 Å². The molecular weight excluding hydrogens is 266 g/mol. The van der Waals surface area contributed by atoms with Gasteiger partial charge in [-0.15, -0.1) is 0 Å². The zero-order chi connectivity index (χ0) is 14.8. The Morgan fingerprint density at radius 2 is 2.19 bits per heavy atom. The fraction of sp³-hybridized carbons (Fsp3) is 0.533. The fourth-order valence-electron chi connectivity index (χ4n) is 2.69. The average Bonchev–Trinajstić information content (AvgIpc) is 2.84. The van der Waals surface area contributed by atoms with Gasteiger partial charge in [-0.3, -0.25) is 4.90 Å². The van der Waals surface area contributed by atoms with Crippen LogP contribution in [0.15, 0.2) is 12.4 Å². The van der Waals surface area contributed by atoms with Gasteiger partial charge in [-0.1, -0.05) is 0 Å². The maximum absolute atomic E-state index is 5.89. The first-order valence-corrected chi connectivity index (χ1v) is 7.27. The van der Waals surface area contributed by atoms with E-state index in [4.69, 9.17) is 4.74 Å². The van der Waals surface area contributed by atoms with Crippen LogP contribution >= 0.6 is 0 Å². The van der Waals surface area contributed by atoms with Crippen molar-refractivity contribution in [1.29, 1.82) is 0 Å². The summed E-state index contributed by atoms with van der Waals surface area (Å²) >= 11 is 0. The molecule has 1 aliphatic rings. The van der Waals surface area contributed by atoms with Crippen molar-refractivity contribution in [3.05, 3.63) is 41.0 Å². The Morgan fingerprint density at radius 1 is 1.33 bits per heavy atom. The molecule has 0 aliphatic carbocycles. The summed E-state index contributed by atoms with van der Waals surface area (Å²) in [4.78, 5) is 18.7. The van der Waals surface area contributed by atoms with E-state index in [1.165, 1.54) is 0 Å². The number of morpholine rings is 1. The molecule has 0 spiro atoms. The first-order chi connectivity index (χ1) is 10.1. The molecule has 1 aliphatic heterocycles. The van der Waals surface area contributed by atoms with Crippen LogP contribution in [0.4, 0.5) is 0 Å². The van der Waals surface area contributed by atoms with Gasteiger partial charge in [-0.2, -0.15) is 0 Å². The Kier molecular flexibility index (Phi) is 3.98. The number of nitrogens with zero attached hydrogens (tertiary/aromatic N) is 4. The highest BCUT2D eigenvalue weighted by molar-refractivity contribution is 5.14. The van der Waals surface area contributed by atoms with Gasteiger partial charge in [0.05, 0.1) is 24.3 Å². The molecule has 1 atom stereocenters. The molecule has 1 saturated heterocycles. The molecule has 1 N–H and O–H groups in total. The molecule has 0 amide bonds. The van der Waals surface area contributed by atoms with Gasteiger partial charge in [-0.25, -0.2) is 15.0 Å². The molecule has 2 aromatic heterocycles. The van der Waals surface area contributed by atoms with E-state index < -0.39 is 0 Å². The van der Waals surface area contributed by atoms with Crippen LogP contribution in [0.1, 0.15) is 34.7 Å². The van der Waals surface area contributed by atoms with Crippen LogP contribution in [-0.4, -0.2) is 44.5 Å². The zero-order valence-corrected chi connectivity index (χ0v) is 12.8. The topological polar surface area (TPSA) is 66.9 Å². The maximum atomic E-state index is 5.89. The van der Waals surface area contributed by atoms with E-state index in [2.05, 4.69) is 31.8 Å². The maximum Gasteiger partial charge on any atom is 0.125 e. The zero-order valence-electron chi connectivity index (χ0n) is 12.8. The van der Waals surface area contributed by atoms with Gasteiger partial charge >= 0.3 is 0 Å². The highest BCUT2D eigenvalue weighted by Gasteiger charge is 2.24. The number of rotatable bonds is 3. The van der Waals surface area contributed by atoms with E-state index in [-0.39, 0.29) is 6.10 Å². The van der Waals surface area contributed by atoms with Crippen LogP contribution < -0.4 is 0 Å². The quantitative estimate of drug-likeness (QED) is 0.930. The van der Waals surface area contributed by atoms with Crippen molar-refractivity contribution in [3.8, 4) is 0 Å². The minimum absolute atomic E-state index is 0.0124. The van der Waals surface area contributed by atoms with Crippen LogP contribution in [-0.2, 0) is 11.3 Å². The summed E-state index contributed by atoms with van der Waals surface area (Å²) in [5.41, 5.74) is 4.20. The molecule has 112 valence electrons. The highest BCUT2D eigenvalue weighted by Crippen LogP contribution is 2.22. The Morgan fingerprint density at radius 3 is 2.90 bits per heavy atom. The summed E-state index contributed by atoms with van der Waals surface area (Å²) < 4.78 is 5.89. The van der Waals surface area contributed by atoms with Gasteiger partial charge in [0.15, 0.2) is 0 Å². The number of aromatic nitrogens is 4. The molecule has 0 bridgehead atoms. The van der Waals surface area contributed by atoms with E-state index >= 15 is 0 Å². The van der Waals surface area contributed by atoms with E-state index in [1.54, 1.807) is 6.33 Å². The van der Waals surface area contributed by atoms with Gasteiger partial charge < -0.3 is 9.72 Å². The lowest BCUT2D eigenvalue weighted by molar-refractivity contribution is -0.0355. The Labute approximate surface area is 124 Å². The third-order valence-corrected chi connectivity index (χ3v) is 3.77. The van der Waals surface area contributed by atoms with Crippen molar-refractivity contribution in [2.45, 2.75) is 33.4 Å². The van der Waals surface area contributed by atoms with E-state index in [1.807, 2.05) is 19.9 Å². The van der Waals surface area contributed by atoms with E-state index in [9.17, 15) is 0 Å². The van der Waals surface area contributed by atoms with E-state index in [0.717, 1.165) is 54.8 Å². The molecule has 6 heteroatoms. The third-order valence-electron chi connectivity index (χ3n) is 3.77. The lowest BCUT2D eigenvalue weighted by Crippen LogP contribution is -2.38. The lowest BCUT2D eigenvalue weighted by Gasteiger charge is -2.32. The number of hydrogen-bond donors (Lipinski definition) is 1. The molecule has 0 unspecified atom stereocenters. The molecule has 0 saturated carbocycles. The summed E-state index contributed by atoms with van der Waals surface area (Å²) in [6.45, 7) is 9.29. The summed E-state index contributed by atoms with van der Waals surface area (Å²) in [7, 11) is 0. The summed E-state index contributed by atoms with van der Waals surface area (Å²) in [6.07, 6.45) is 1.76. The highest BCUT2D eigenvalue weighted by atomic mass is 16.5. The molecule has 0 aromatic carbocycles. The number of imidazole rings is 1. The first-order valence-electron chi connectivity index (χ1n) is 7.27. The van der Waals surface area contributed by atoms with Gasteiger partial charge in [0, 0.05) is 31.0 Å². The Balaban J connectivity index is 1.72. The number of ether oxygens (including phenoxy) is 1. The minimum atomic E-state index is 0.0124. The number of H-pyrrole nitrogens is 1. The minimum Gasteiger partial charge on any atom is -0.369 e. The standard InChI is InChI=1S/C15H21N5O/c1-10-6-13(19-12(3)18-10)15-8-20(4-5-21-15)7-14-11(2)16-9-17-14/h6,9,15H,4-5,7-8H2,1-3H3,(H,16,17)/t15-/m0/s1. The van der Waals surface area contributed by atoms with Crippen molar-refractivity contribution in [3.63, 3.8) is 0 Å². The normalized spacial score (nSPS) is 19.9. The predicted molar refractivity (Wildman–Crippen MR) is 78.8 cm³/mol.